The largest absolute Gasteiger partial charge is 0.340 e. The van der Waals surface area contributed by atoms with E-state index < -0.39 is 0 Å². The summed E-state index contributed by atoms with van der Waals surface area (Å²) in [7, 11) is 0. The number of thioether (sulfide) groups is 1. The maximum atomic E-state index is 2.67. The van der Waals surface area contributed by atoms with E-state index in [9.17, 15) is 0 Å². The summed E-state index contributed by atoms with van der Waals surface area (Å²) in [6.45, 7) is 7.35. The normalized spacial score (nSPS) is 17.6. The molecular formula is C23H30N2S2. The summed E-state index contributed by atoms with van der Waals surface area (Å²) in [6, 6.07) is 15.8. The molecule has 0 bridgehead atoms. The first kappa shape index (κ1) is 19.2. The Morgan fingerprint density at radius 2 is 1.70 bits per heavy atom. The number of benzene rings is 2. The van der Waals surface area contributed by atoms with Crippen LogP contribution >= 0.6 is 23.5 Å². The minimum Gasteiger partial charge on any atom is -0.340 e. The lowest BCUT2D eigenvalue weighted by molar-refractivity contribution is 0.190. The third-order valence-electron chi connectivity index (χ3n) is 5.82. The number of para-hydroxylation sites is 1. The van der Waals surface area contributed by atoms with Gasteiger partial charge in [0.25, 0.3) is 0 Å². The molecule has 2 aromatic rings. The fourth-order valence-corrected chi connectivity index (χ4v) is 5.58. The molecule has 4 rings (SSSR count). The van der Waals surface area contributed by atoms with Gasteiger partial charge in [0.15, 0.2) is 0 Å². The van der Waals surface area contributed by atoms with E-state index in [1.807, 2.05) is 23.5 Å². The first-order valence-corrected chi connectivity index (χ1v) is 12.2. The first-order chi connectivity index (χ1) is 13.2. The standard InChI is InChI=1S/C23H30N2S2/c1-18-11-15-24(16-12-18)13-5-6-14-25-20-7-3-4-8-22(20)27-23-10-9-19(26-2)17-21(23)25/h3-4,7-10,17-18H,5-6,11-16H2,1-2H3. The van der Waals surface area contributed by atoms with Crippen LogP contribution in [0.5, 0.6) is 0 Å². The van der Waals surface area contributed by atoms with Gasteiger partial charge in [-0.25, -0.2) is 0 Å². The van der Waals surface area contributed by atoms with E-state index in [1.165, 1.54) is 71.4 Å². The van der Waals surface area contributed by atoms with E-state index >= 15 is 0 Å². The van der Waals surface area contributed by atoms with Crippen LogP contribution in [0.15, 0.2) is 57.2 Å². The number of hydrogen-bond donors (Lipinski definition) is 0. The summed E-state index contributed by atoms with van der Waals surface area (Å²) < 4.78 is 0. The molecule has 27 heavy (non-hydrogen) atoms. The highest BCUT2D eigenvalue weighted by Gasteiger charge is 2.23. The molecule has 4 heteroatoms. The van der Waals surface area contributed by atoms with Gasteiger partial charge in [0.1, 0.15) is 0 Å². The molecule has 0 saturated carbocycles. The minimum absolute atomic E-state index is 0.922. The number of fused-ring (bicyclic) bond motifs is 2. The number of anilines is 2. The molecule has 0 unspecified atom stereocenters. The Morgan fingerprint density at radius 1 is 0.963 bits per heavy atom. The molecule has 2 nitrogen and oxygen atoms in total. The number of likely N-dealkylation sites (tertiary alicyclic amines) is 1. The molecule has 0 aromatic heterocycles. The maximum absolute atomic E-state index is 2.67. The number of hydrogen-bond acceptors (Lipinski definition) is 4. The van der Waals surface area contributed by atoms with Crippen molar-refractivity contribution in [1.82, 2.24) is 4.90 Å². The van der Waals surface area contributed by atoms with Crippen LogP contribution in [0.4, 0.5) is 11.4 Å². The van der Waals surface area contributed by atoms with E-state index in [0.29, 0.717) is 0 Å². The van der Waals surface area contributed by atoms with E-state index in [4.69, 9.17) is 0 Å². The molecule has 2 aromatic carbocycles. The molecule has 0 radical (unpaired) electrons. The van der Waals surface area contributed by atoms with Crippen molar-refractivity contribution >= 4 is 34.9 Å². The Morgan fingerprint density at radius 3 is 2.52 bits per heavy atom. The van der Waals surface area contributed by atoms with Gasteiger partial charge in [0, 0.05) is 21.2 Å². The zero-order chi connectivity index (χ0) is 18.6. The molecule has 2 heterocycles. The SMILES string of the molecule is CSc1ccc2c(c1)N(CCCCN1CCC(C)CC1)c1ccccc1S2. The fourth-order valence-electron chi connectivity index (χ4n) is 4.07. The summed E-state index contributed by atoms with van der Waals surface area (Å²) in [5.74, 6) is 0.922. The summed E-state index contributed by atoms with van der Waals surface area (Å²) in [5.41, 5.74) is 2.76. The second-order valence-corrected chi connectivity index (χ2v) is 9.75. The molecular weight excluding hydrogens is 368 g/mol. The lowest BCUT2D eigenvalue weighted by atomic mass is 9.99. The smallest absolute Gasteiger partial charge is 0.0564 e. The van der Waals surface area contributed by atoms with E-state index in [0.717, 1.165) is 12.5 Å². The van der Waals surface area contributed by atoms with Crippen LogP contribution < -0.4 is 4.90 Å². The van der Waals surface area contributed by atoms with E-state index in [-0.39, 0.29) is 0 Å². The van der Waals surface area contributed by atoms with Crippen molar-refractivity contribution in [3.8, 4) is 0 Å². The topological polar surface area (TPSA) is 6.48 Å². The van der Waals surface area contributed by atoms with Crippen molar-refractivity contribution in [2.75, 3.05) is 37.3 Å². The van der Waals surface area contributed by atoms with Crippen molar-refractivity contribution < 1.29 is 0 Å². The van der Waals surface area contributed by atoms with Crippen molar-refractivity contribution in [2.45, 2.75) is 47.3 Å². The molecule has 1 saturated heterocycles. The molecule has 0 N–H and O–H groups in total. The van der Waals surface area contributed by atoms with Crippen LogP contribution in [0, 0.1) is 5.92 Å². The lowest BCUT2D eigenvalue weighted by Crippen LogP contribution is -2.34. The van der Waals surface area contributed by atoms with Gasteiger partial charge in [-0.2, -0.15) is 0 Å². The highest BCUT2D eigenvalue weighted by Crippen LogP contribution is 2.48. The van der Waals surface area contributed by atoms with E-state index in [2.05, 4.69) is 65.4 Å². The van der Waals surface area contributed by atoms with Crippen LogP contribution in [0.3, 0.4) is 0 Å². The Bertz CT molecular complexity index is 769. The van der Waals surface area contributed by atoms with Crippen LogP contribution in [0.25, 0.3) is 0 Å². The average molecular weight is 399 g/mol. The summed E-state index contributed by atoms with van der Waals surface area (Å²) >= 11 is 3.74. The molecule has 144 valence electrons. The second-order valence-electron chi connectivity index (χ2n) is 7.79. The van der Waals surface area contributed by atoms with Gasteiger partial charge in [-0.05, 0) is 87.8 Å². The monoisotopic (exact) mass is 398 g/mol. The minimum atomic E-state index is 0.922. The zero-order valence-corrected chi connectivity index (χ0v) is 18.1. The van der Waals surface area contributed by atoms with Crippen molar-refractivity contribution in [2.24, 2.45) is 5.92 Å². The Hall–Kier alpha value is -1.10. The molecule has 1 fully saturated rings. The number of rotatable bonds is 6. The predicted octanol–water partition coefficient (Wildman–Crippen LogP) is 6.52. The quantitative estimate of drug-likeness (QED) is 0.403. The van der Waals surface area contributed by atoms with Gasteiger partial charge < -0.3 is 9.80 Å². The molecule has 0 spiro atoms. The van der Waals surface area contributed by atoms with Gasteiger partial charge >= 0.3 is 0 Å². The van der Waals surface area contributed by atoms with Crippen LogP contribution in [0.1, 0.15) is 32.6 Å². The predicted molar refractivity (Wildman–Crippen MR) is 120 cm³/mol. The molecule has 0 atom stereocenters. The molecule has 2 aliphatic heterocycles. The lowest BCUT2D eigenvalue weighted by Gasteiger charge is -2.34. The highest BCUT2D eigenvalue weighted by atomic mass is 32.2. The Labute approximate surface area is 172 Å². The molecule has 0 aliphatic carbocycles. The third-order valence-corrected chi connectivity index (χ3v) is 7.67. The van der Waals surface area contributed by atoms with Gasteiger partial charge in [-0.15, -0.1) is 11.8 Å². The summed E-state index contributed by atoms with van der Waals surface area (Å²) in [5, 5.41) is 0. The zero-order valence-electron chi connectivity index (χ0n) is 16.5. The first-order valence-electron chi connectivity index (χ1n) is 10.2. The highest BCUT2D eigenvalue weighted by molar-refractivity contribution is 8.00. The second kappa shape index (κ2) is 8.93. The van der Waals surface area contributed by atoms with Crippen molar-refractivity contribution in [3.63, 3.8) is 0 Å². The molecule has 2 aliphatic rings. The Balaban J connectivity index is 1.43. The number of unbranched alkanes of at least 4 members (excludes halogenated alkanes) is 1. The Kier molecular flexibility index (Phi) is 6.36. The van der Waals surface area contributed by atoms with Crippen LogP contribution in [-0.2, 0) is 0 Å². The van der Waals surface area contributed by atoms with Crippen molar-refractivity contribution in [1.29, 1.82) is 0 Å². The van der Waals surface area contributed by atoms with Gasteiger partial charge in [0.2, 0.25) is 0 Å². The number of nitrogens with zero attached hydrogens (tertiary/aromatic N) is 2. The van der Waals surface area contributed by atoms with Crippen LogP contribution in [-0.4, -0.2) is 37.3 Å². The van der Waals surface area contributed by atoms with Gasteiger partial charge in [0.05, 0.1) is 11.4 Å². The molecule has 0 amide bonds. The average Bonchev–Trinajstić information content (AvgIpc) is 2.71. The van der Waals surface area contributed by atoms with E-state index in [1.54, 1.807) is 0 Å². The number of piperidine rings is 1. The summed E-state index contributed by atoms with van der Waals surface area (Å²) in [6.07, 6.45) is 7.45. The van der Waals surface area contributed by atoms with Crippen molar-refractivity contribution in [3.05, 3.63) is 42.5 Å². The fraction of sp³-hybridized carbons (Fsp3) is 0.478. The van der Waals surface area contributed by atoms with Gasteiger partial charge in [-0.3, -0.25) is 0 Å². The van der Waals surface area contributed by atoms with Crippen LogP contribution in [0.2, 0.25) is 0 Å². The summed E-state index contributed by atoms with van der Waals surface area (Å²) in [4.78, 5) is 9.34. The van der Waals surface area contributed by atoms with Gasteiger partial charge in [-0.1, -0.05) is 30.8 Å². The third kappa shape index (κ3) is 4.49. The maximum Gasteiger partial charge on any atom is 0.0564 e.